The zero-order valence-corrected chi connectivity index (χ0v) is 15.6. The number of carbonyl (C=O) groups is 3. The maximum Gasteiger partial charge on any atom is 0.312 e. The summed E-state index contributed by atoms with van der Waals surface area (Å²) in [5.74, 6) is -0.323. The number of amides is 3. The molecule has 142 valence electrons. The van der Waals surface area contributed by atoms with E-state index in [0.717, 1.165) is 25.7 Å². The van der Waals surface area contributed by atoms with Gasteiger partial charge >= 0.3 is 11.8 Å². The van der Waals surface area contributed by atoms with Crippen LogP contribution in [-0.4, -0.2) is 65.8 Å². The van der Waals surface area contributed by atoms with Crippen molar-refractivity contribution in [3.63, 3.8) is 0 Å². The molecule has 2 aliphatic carbocycles. The van der Waals surface area contributed by atoms with Gasteiger partial charge in [0, 0.05) is 31.7 Å². The standard InChI is InChI=1S/C17H28N4O3.ClH/c1-2-20-6-7-21(17(24)16(20)23)10-14(22)19-15-11-4-3-5-12(15)9-13(18)8-11;/h11-13,15H,2-10,18H2,1H3,(H,19,22);1H. The molecule has 2 bridgehead atoms. The number of likely N-dealkylation sites (N-methyl/N-ethyl adjacent to an activating group) is 1. The zero-order valence-electron chi connectivity index (χ0n) is 14.8. The summed E-state index contributed by atoms with van der Waals surface area (Å²) in [6.45, 7) is 3.27. The summed E-state index contributed by atoms with van der Waals surface area (Å²) < 4.78 is 0. The highest BCUT2D eigenvalue weighted by Gasteiger charge is 2.40. The molecule has 0 spiro atoms. The molecule has 3 fully saturated rings. The fraction of sp³-hybridized carbons (Fsp3) is 0.824. The number of piperazine rings is 1. The lowest BCUT2D eigenvalue weighted by Gasteiger charge is -2.45. The van der Waals surface area contributed by atoms with E-state index in [1.165, 1.54) is 16.2 Å². The minimum absolute atomic E-state index is 0. The molecule has 1 aliphatic heterocycles. The van der Waals surface area contributed by atoms with E-state index in [1.54, 1.807) is 0 Å². The van der Waals surface area contributed by atoms with Gasteiger partial charge in [-0.2, -0.15) is 0 Å². The van der Waals surface area contributed by atoms with E-state index in [2.05, 4.69) is 5.32 Å². The molecule has 7 nitrogen and oxygen atoms in total. The SMILES string of the molecule is CCN1CCN(CC(=O)NC2C3CCCC2CC(N)C3)C(=O)C1=O.Cl. The molecule has 2 saturated carbocycles. The molecule has 0 radical (unpaired) electrons. The van der Waals surface area contributed by atoms with Crippen LogP contribution in [0.25, 0.3) is 0 Å². The van der Waals surface area contributed by atoms with Crippen LogP contribution < -0.4 is 11.1 Å². The molecule has 3 amide bonds. The summed E-state index contributed by atoms with van der Waals surface area (Å²) in [5.41, 5.74) is 6.12. The van der Waals surface area contributed by atoms with Crippen molar-refractivity contribution in [1.29, 1.82) is 0 Å². The third-order valence-corrected chi connectivity index (χ3v) is 5.82. The number of nitrogens with two attached hydrogens (primary N) is 1. The summed E-state index contributed by atoms with van der Waals surface area (Å²) in [7, 11) is 0. The van der Waals surface area contributed by atoms with Crippen LogP contribution in [0.4, 0.5) is 0 Å². The number of hydrogen-bond donors (Lipinski definition) is 2. The molecular formula is C17H29ClN4O3. The molecule has 0 aromatic heterocycles. The van der Waals surface area contributed by atoms with Crippen LogP contribution in [0.15, 0.2) is 0 Å². The van der Waals surface area contributed by atoms with Crippen LogP contribution in [0, 0.1) is 11.8 Å². The van der Waals surface area contributed by atoms with Crippen molar-refractivity contribution in [2.24, 2.45) is 17.6 Å². The Morgan fingerprint density at radius 1 is 1.12 bits per heavy atom. The molecule has 2 atom stereocenters. The number of fused-ring (bicyclic) bond motifs is 2. The van der Waals surface area contributed by atoms with Gasteiger partial charge in [0.15, 0.2) is 0 Å². The van der Waals surface area contributed by atoms with Crippen LogP contribution in [0.2, 0.25) is 0 Å². The van der Waals surface area contributed by atoms with Crippen LogP contribution in [-0.2, 0) is 14.4 Å². The summed E-state index contributed by atoms with van der Waals surface area (Å²) in [6, 6.07) is 0.420. The largest absolute Gasteiger partial charge is 0.351 e. The second-order valence-corrected chi connectivity index (χ2v) is 7.39. The summed E-state index contributed by atoms with van der Waals surface area (Å²) in [5, 5.41) is 3.14. The fourth-order valence-electron chi connectivity index (χ4n) is 4.60. The topological polar surface area (TPSA) is 95.7 Å². The van der Waals surface area contributed by atoms with Gasteiger partial charge in [-0.25, -0.2) is 0 Å². The number of hydrogen-bond acceptors (Lipinski definition) is 4. The number of carbonyl (C=O) groups excluding carboxylic acids is 3. The van der Waals surface area contributed by atoms with Crippen molar-refractivity contribution in [3.8, 4) is 0 Å². The number of nitrogens with zero attached hydrogens (tertiary/aromatic N) is 2. The lowest BCUT2D eigenvalue weighted by atomic mass is 9.67. The lowest BCUT2D eigenvalue weighted by molar-refractivity contribution is -0.156. The van der Waals surface area contributed by atoms with Crippen molar-refractivity contribution in [2.75, 3.05) is 26.2 Å². The van der Waals surface area contributed by atoms with Crippen LogP contribution in [0.1, 0.15) is 39.0 Å². The molecule has 25 heavy (non-hydrogen) atoms. The van der Waals surface area contributed by atoms with E-state index >= 15 is 0 Å². The van der Waals surface area contributed by atoms with Gasteiger partial charge in [0.1, 0.15) is 6.54 Å². The molecule has 3 aliphatic rings. The van der Waals surface area contributed by atoms with Crippen LogP contribution in [0.3, 0.4) is 0 Å². The molecule has 8 heteroatoms. The molecular weight excluding hydrogens is 344 g/mol. The minimum Gasteiger partial charge on any atom is -0.351 e. The zero-order chi connectivity index (χ0) is 17.3. The highest BCUT2D eigenvalue weighted by molar-refractivity contribution is 6.35. The first kappa shape index (κ1) is 20.0. The third-order valence-electron chi connectivity index (χ3n) is 5.82. The first-order chi connectivity index (χ1) is 11.5. The van der Waals surface area contributed by atoms with Crippen molar-refractivity contribution in [3.05, 3.63) is 0 Å². The monoisotopic (exact) mass is 372 g/mol. The summed E-state index contributed by atoms with van der Waals surface area (Å²) >= 11 is 0. The van der Waals surface area contributed by atoms with Gasteiger partial charge in [-0.15, -0.1) is 12.4 Å². The molecule has 2 unspecified atom stereocenters. The Morgan fingerprint density at radius 3 is 2.28 bits per heavy atom. The van der Waals surface area contributed by atoms with Crippen molar-refractivity contribution in [1.82, 2.24) is 15.1 Å². The Balaban J connectivity index is 0.00000225. The Morgan fingerprint density at radius 2 is 1.68 bits per heavy atom. The quantitative estimate of drug-likeness (QED) is 0.685. The fourth-order valence-corrected chi connectivity index (χ4v) is 4.60. The van der Waals surface area contributed by atoms with Gasteiger partial charge in [-0.3, -0.25) is 14.4 Å². The predicted octanol–water partition coefficient (Wildman–Crippen LogP) is 0.121. The second kappa shape index (κ2) is 8.36. The third kappa shape index (κ3) is 4.26. The van der Waals surface area contributed by atoms with Crippen LogP contribution >= 0.6 is 12.4 Å². The highest BCUT2D eigenvalue weighted by atomic mass is 35.5. The van der Waals surface area contributed by atoms with Crippen molar-refractivity contribution >= 4 is 30.1 Å². The number of rotatable bonds is 4. The van der Waals surface area contributed by atoms with Gasteiger partial charge in [0.2, 0.25) is 5.91 Å². The number of nitrogens with one attached hydrogen (secondary N) is 1. The van der Waals surface area contributed by atoms with E-state index in [-0.39, 0.29) is 36.9 Å². The predicted molar refractivity (Wildman–Crippen MR) is 96.1 cm³/mol. The Kier molecular flexibility index (Phi) is 6.68. The van der Waals surface area contributed by atoms with E-state index < -0.39 is 11.8 Å². The van der Waals surface area contributed by atoms with Gasteiger partial charge in [0.25, 0.3) is 0 Å². The van der Waals surface area contributed by atoms with E-state index in [1.807, 2.05) is 6.92 Å². The molecule has 3 rings (SSSR count). The highest BCUT2D eigenvalue weighted by Crippen LogP contribution is 2.39. The average molecular weight is 373 g/mol. The average Bonchev–Trinajstić information content (AvgIpc) is 2.53. The van der Waals surface area contributed by atoms with Gasteiger partial charge in [-0.05, 0) is 44.4 Å². The van der Waals surface area contributed by atoms with Gasteiger partial charge in [0.05, 0.1) is 0 Å². The molecule has 1 saturated heterocycles. The normalized spacial score (nSPS) is 32.2. The van der Waals surface area contributed by atoms with E-state index in [0.29, 0.717) is 31.5 Å². The second-order valence-electron chi connectivity index (χ2n) is 7.39. The molecule has 1 heterocycles. The van der Waals surface area contributed by atoms with Crippen LogP contribution in [0.5, 0.6) is 0 Å². The molecule has 3 N–H and O–H groups in total. The van der Waals surface area contributed by atoms with Crippen molar-refractivity contribution < 1.29 is 14.4 Å². The Hall–Kier alpha value is -1.34. The molecule has 0 aromatic rings. The smallest absolute Gasteiger partial charge is 0.312 e. The van der Waals surface area contributed by atoms with E-state index in [9.17, 15) is 14.4 Å². The summed E-state index contributed by atoms with van der Waals surface area (Å²) in [6.07, 6.45) is 5.37. The minimum atomic E-state index is -0.566. The first-order valence-electron chi connectivity index (χ1n) is 9.12. The number of halogens is 1. The van der Waals surface area contributed by atoms with E-state index in [4.69, 9.17) is 5.73 Å². The molecule has 0 aromatic carbocycles. The lowest BCUT2D eigenvalue weighted by Crippen LogP contribution is -2.58. The maximum atomic E-state index is 12.4. The van der Waals surface area contributed by atoms with Gasteiger partial charge in [-0.1, -0.05) is 6.42 Å². The Labute approximate surface area is 155 Å². The summed E-state index contributed by atoms with van der Waals surface area (Å²) in [4.78, 5) is 39.3. The maximum absolute atomic E-state index is 12.4. The van der Waals surface area contributed by atoms with Gasteiger partial charge < -0.3 is 20.9 Å². The van der Waals surface area contributed by atoms with Crippen molar-refractivity contribution in [2.45, 2.75) is 51.1 Å². The first-order valence-corrected chi connectivity index (χ1v) is 9.12. The Bertz CT molecular complexity index is 516.